The van der Waals surface area contributed by atoms with Crippen LogP contribution in [0.4, 0.5) is 13.2 Å². The number of hydrogen-bond acceptors (Lipinski definition) is 2. The molecule has 20 heavy (non-hydrogen) atoms. The topological polar surface area (TPSA) is 37.4 Å². The van der Waals surface area contributed by atoms with Crippen LogP contribution in [0.1, 0.15) is 24.8 Å². The van der Waals surface area contributed by atoms with Gasteiger partial charge in [0, 0.05) is 13.1 Å². The van der Waals surface area contributed by atoms with Gasteiger partial charge in [-0.1, -0.05) is 18.0 Å². The van der Waals surface area contributed by atoms with Gasteiger partial charge in [0.15, 0.2) is 0 Å². The predicted octanol–water partition coefficient (Wildman–Crippen LogP) is 3.53. The van der Waals surface area contributed by atoms with Gasteiger partial charge in [-0.25, -0.2) is 8.42 Å². The third-order valence-corrected chi connectivity index (χ3v) is 5.42. The molecular formula is C12H13ClF3NO2S. The van der Waals surface area contributed by atoms with Gasteiger partial charge in [0.1, 0.15) is 0 Å². The van der Waals surface area contributed by atoms with Gasteiger partial charge in [0.2, 0.25) is 10.0 Å². The number of sulfonamides is 1. The lowest BCUT2D eigenvalue weighted by Crippen LogP contribution is -2.35. The summed E-state index contributed by atoms with van der Waals surface area (Å²) in [5, 5.41) is -0.505. The first-order valence-electron chi connectivity index (χ1n) is 6.10. The van der Waals surface area contributed by atoms with Crippen molar-refractivity contribution in [3.8, 4) is 0 Å². The molecule has 1 aromatic rings. The van der Waals surface area contributed by atoms with Crippen LogP contribution in [0, 0.1) is 0 Å². The molecular weight excluding hydrogens is 315 g/mol. The number of benzene rings is 1. The minimum atomic E-state index is -4.68. The Hall–Kier alpha value is -0.790. The third kappa shape index (κ3) is 3.10. The van der Waals surface area contributed by atoms with Gasteiger partial charge in [0.05, 0.1) is 15.5 Å². The monoisotopic (exact) mass is 327 g/mol. The normalized spacial score (nSPS) is 18.2. The molecule has 2 rings (SSSR count). The first-order valence-corrected chi connectivity index (χ1v) is 7.91. The molecule has 0 N–H and O–H groups in total. The summed E-state index contributed by atoms with van der Waals surface area (Å²) in [6.07, 6.45) is -2.30. The molecule has 1 aliphatic rings. The number of rotatable bonds is 2. The zero-order valence-electron chi connectivity index (χ0n) is 10.5. The molecule has 0 aromatic heterocycles. The number of hydrogen-bond donors (Lipinski definition) is 0. The van der Waals surface area contributed by atoms with Crippen molar-refractivity contribution >= 4 is 21.6 Å². The summed E-state index contributed by atoms with van der Waals surface area (Å²) in [6.45, 7) is 0.679. The Morgan fingerprint density at radius 1 is 1.10 bits per heavy atom. The van der Waals surface area contributed by atoms with Crippen LogP contribution in [-0.2, 0) is 16.2 Å². The van der Waals surface area contributed by atoms with Crippen LogP contribution in [0.2, 0.25) is 5.02 Å². The van der Waals surface area contributed by atoms with Crippen LogP contribution in [0.5, 0.6) is 0 Å². The Morgan fingerprint density at radius 3 is 2.25 bits per heavy atom. The van der Waals surface area contributed by atoms with Gasteiger partial charge in [-0.3, -0.25) is 0 Å². The lowest BCUT2D eigenvalue weighted by atomic mass is 10.2. The largest absolute Gasteiger partial charge is 0.417 e. The first-order chi connectivity index (χ1) is 9.23. The van der Waals surface area contributed by atoms with Crippen molar-refractivity contribution in [2.75, 3.05) is 13.1 Å². The molecule has 0 atom stereocenters. The third-order valence-electron chi connectivity index (χ3n) is 3.20. The Balaban J connectivity index is 2.42. The van der Waals surface area contributed by atoms with Crippen molar-refractivity contribution in [1.82, 2.24) is 4.31 Å². The predicted molar refractivity (Wildman–Crippen MR) is 69.1 cm³/mol. The first kappa shape index (κ1) is 15.6. The maximum absolute atomic E-state index is 12.8. The van der Waals surface area contributed by atoms with Crippen molar-refractivity contribution in [2.24, 2.45) is 0 Å². The highest BCUT2D eigenvalue weighted by Crippen LogP contribution is 2.36. The number of nitrogens with zero attached hydrogens (tertiary/aromatic N) is 1. The van der Waals surface area contributed by atoms with E-state index in [0.29, 0.717) is 19.2 Å². The van der Waals surface area contributed by atoms with E-state index in [-0.39, 0.29) is 4.90 Å². The van der Waals surface area contributed by atoms with Crippen molar-refractivity contribution < 1.29 is 21.6 Å². The summed E-state index contributed by atoms with van der Waals surface area (Å²) in [6, 6.07) is 2.69. The van der Waals surface area contributed by atoms with E-state index in [1.165, 1.54) is 4.31 Å². The van der Waals surface area contributed by atoms with Crippen LogP contribution in [0.3, 0.4) is 0 Å². The van der Waals surface area contributed by atoms with Crippen molar-refractivity contribution in [3.05, 3.63) is 28.8 Å². The number of alkyl halides is 3. The second-order valence-corrected chi connectivity index (χ2v) is 6.95. The van der Waals surface area contributed by atoms with E-state index in [4.69, 9.17) is 11.6 Å². The van der Waals surface area contributed by atoms with E-state index in [2.05, 4.69) is 0 Å². The second-order valence-electron chi connectivity index (χ2n) is 4.60. The Labute approximate surface area is 120 Å². The molecule has 0 radical (unpaired) electrons. The minimum Gasteiger partial charge on any atom is -0.207 e. The summed E-state index contributed by atoms with van der Waals surface area (Å²) in [7, 11) is -3.89. The zero-order valence-corrected chi connectivity index (χ0v) is 12.0. The molecule has 1 fully saturated rings. The van der Waals surface area contributed by atoms with Crippen LogP contribution < -0.4 is 0 Å². The quantitative estimate of drug-likeness (QED) is 0.833. The van der Waals surface area contributed by atoms with Gasteiger partial charge in [-0.05, 0) is 31.0 Å². The average molecular weight is 328 g/mol. The number of halogens is 4. The van der Waals surface area contributed by atoms with E-state index < -0.39 is 26.8 Å². The van der Waals surface area contributed by atoms with Crippen LogP contribution >= 0.6 is 11.6 Å². The molecule has 1 aliphatic heterocycles. The summed E-state index contributed by atoms with van der Waals surface area (Å²) < 4.78 is 64.1. The average Bonchev–Trinajstić information content (AvgIpc) is 2.38. The van der Waals surface area contributed by atoms with E-state index in [1.807, 2.05) is 0 Å². The molecule has 0 saturated carbocycles. The molecule has 0 amide bonds. The molecule has 112 valence electrons. The van der Waals surface area contributed by atoms with Crippen LogP contribution in [0.15, 0.2) is 23.1 Å². The Bertz CT molecular complexity index is 595. The van der Waals surface area contributed by atoms with Gasteiger partial charge in [-0.15, -0.1) is 0 Å². The summed E-state index contributed by atoms with van der Waals surface area (Å²) in [5.74, 6) is 0. The molecule has 0 aliphatic carbocycles. The highest BCUT2D eigenvalue weighted by atomic mass is 35.5. The van der Waals surface area contributed by atoms with Crippen LogP contribution in [0.25, 0.3) is 0 Å². The van der Waals surface area contributed by atoms with Crippen LogP contribution in [-0.4, -0.2) is 25.8 Å². The van der Waals surface area contributed by atoms with Gasteiger partial charge in [-0.2, -0.15) is 17.5 Å². The van der Waals surface area contributed by atoms with Crippen molar-refractivity contribution in [3.63, 3.8) is 0 Å². The van der Waals surface area contributed by atoms with Gasteiger partial charge in [0.25, 0.3) is 0 Å². The van der Waals surface area contributed by atoms with Crippen molar-refractivity contribution in [1.29, 1.82) is 0 Å². The van der Waals surface area contributed by atoms with E-state index in [0.717, 1.165) is 31.4 Å². The van der Waals surface area contributed by atoms with E-state index in [1.54, 1.807) is 0 Å². The summed E-state index contributed by atoms with van der Waals surface area (Å²) >= 11 is 5.49. The smallest absolute Gasteiger partial charge is 0.207 e. The maximum Gasteiger partial charge on any atom is 0.417 e. The Morgan fingerprint density at radius 2 is 1.70 bits per heavy atom. The van der Waals surface area contributed by atoms with Gasteiger partial charge < -0.3 is 0 Å². The highest BCUT2D eigenvalue weighted by Gasteiger charge is 2.35. The lowest BCUT2D eigenvalue weighted by Gasteiger charge is -2.26. The molecule has 0 bridgehead atoms. The van der Waals surface area contributed by atoms with Gasteiger partial charge >= 0.3 is 6.18 Å². The van der Waals surface area contributed by atoms with E-state index >= 15 is 0 Å². The summed E-state index contributed by atoms with van der Waals surface area (Å²) in [5.41, 5.74) is -1.13. The molecule has 1 heterocycles. The lowest BCUT2D eigenvalue weighted by molar-refractivity contribution is -0.137. The fourth-order valence-corrected chi connectivity index (χ4v) is 3.90. The summed E-state index contributed by atoms with van der Waals surface area (Å²) in [4.78, 5) is -0.365. The standard InChI is InChI=1S/C12H13ClF3NO2S/c13-11-5-4-9(8-10(11)12(14,15)16)20(18,19)17-6-2-1-3-7-17/h4-5,8H,1-3,6-7H2. The molecule has 1 aromatic carbocycles. The fourth-order valence-electron chi connectivity index (χ4n) is 2.14. The SMILES string of the molecule is O=S(=O)(c1ccc(Cl)c(C(F)(F)F)c1)N1CCCCC1. The molecule has 0 unspecified atom stereocenters. The number of piperidine rings is 1. The molecule has 0 spiro atoms. The fraction of sp³-hybridized carbons (Fsp3) is 0.500. The zero-order chi connectivity index (χ0) is 15.0. The van der Waals surface area contributed by atoms with Crippen molar-refractivity contribution in [2.45, 2.75) is 30.3 Å². The second kappa shape index (κ2) is 5.54. The minimum absolute atomic E-state index is 0.340. The Kier molecular flexibility index (Phi) is 4.32. The molecule has 3 nitrogen and oxygen atoms in total. The highest BCUT2D eigenvalue weighted by molar-refractivity contribution is 7.89. The maximum atomic E-state index is 12.8. The van der Waals surface area contributed by atoms with E-state index in [9.17, 15) is 21.6 Å². The molecule has 8 heteroatoms. The molecule has 1 saturated heterocycles.